The van der Waals surface area contributed by atoms with Crippen LogP contribution in [-0.4, -0.2) is 15.9 Å². The molecule has 5 nitrogen and oxygen atoms in total. The Morgan fingerprint density at radius 1 is 1.19 bits per heavy atom. The first kappa shape index (κ1) is 12.1. The molecule has 0 unspecified atom stereocenters. The monoisotopic (exact) mass is 281 g/mol. The number of Topliss-reactive ketones (excluding diaryl/α,β-unsaturated/α-hetero) is 1. The number of ketones is 1. The lowest BCUT2D eigenvalue weighted by Crippen LogP contribution is -2.14. The Kier molecular flexibility index (Phi) is 2.39. The number of phenols is 1. The van der Waals surface area contributed by atoms with Crippen molar-refractivity contribution in [3.05, 3.63) is 45.7 Å². The molecule has 0 fully saturated rings. The van der Waals surface area contributed by atoms with Crippen molar-refractivity contribution in [2.75, 3.05) is 0 Å². The summed E-state index contributed by atoms with van der Waals surface area (Å²) in [5.74, 6) is -0.130. The Hall–Kier alpha value is -2.69. The Bertz CT molecular complexity index is 971. The molecule has 104 valence electrons. The molecule has 2 aromatic heterocycles. The zero-order chi connectivity index (χ0) is 14.6. The Morgan fingerprint density at radius 2 is 2.05 bits per heavy atom. The van der Waals surface area contributed by atoms with Crippen LogP contribution < -0.4 is 5.43 Å². The highest BCUT2D eigenvalue weighted by Crippen LogP contribution is 2.27. The van der Waals surface area contributed by atoms with Crippen molar-refractivity contribution in [1.29, 1.82) is 0 Å². The normalized spacial score (nSPS) is 14.6. The van der Waals surface area contributed by atoms with E-state index < -0.39 is 0 Å². The topological polar surface area (TPSA) is 80.4 Å². The van der Waals surface area contributed by atoms with Crippen molar-refractivity contribution in [1.82, 2.24) is 4.98 Å². The van der Waals surface area contributed by atoms with Gasteiger partial charge in [-0.25, -0.2) is 4.98 Å². The summed E-state index contributed by atoms with van der Waals surface area (Å²) >= 11 is 0. The number of nitrogens with zero attached hydrogens (tertiary/aromatic N) is 1. The second-order valence-corrected chi connectivity index (χ2v) is 5.19. The van der Waals surface area contributed by atoms with Crippen LogP contribution in [0.1, 0.15) is 28.9 Å². The molecule has 1 aliphatic rings. The summed E-state index contributed by atoms with van der Waals surface area (Å²) in [4.78, 5) is 28.8. The molecule has 0 amide bonds. The third-order valence-electron chi connectivity index (χ3n) is 3.87. The highest BCUT2D eigenvalue weighted by atomic mass is 16.3. The maximum atomic E-state index is 12.5. The van der Waals surface area contributed by atoms with Gasteiger partial charge in [-0.15, -0.1) is 0 Å². The molecular weight excluding hydrogens is 270 g/mol. The van der Waals surface area contributed by atoms with E-state index in [9.17, 15) is 14.7 Å². The molecule has 2 heterocycles. The molecule has 5 heteroatoms. The second-order valence-electron chi connectivity index (χ2n) is 5.19. The number of aryl methyl sites for hydroxylation is 1. The van der Waals surface area contributed by atoms with Gasteiger partial charge in [-0.1, -0.05) is 6.07 Å². The zero-order valence-corrected chi connectivity index (χ0v) is 11.0. The zero-order valence-electron chi connectivity index (χ0n) is 11.0. The average molecular weight is 281 g/mol. The van der Waals surface area contributed by atoms with Gasteiger partial charge in [-0.3, -0.25) is 9.59 Å². The third kappa shape index (κ3) is 1.67. The van der Waals surface area contributed by atoms with Gasteiger partial charge in [0.25, 0.3) is 0 Å². The number of aromatic nitrogens is 1. The van der Waals surface area contributed by atoms with Gasteiger partial charge in [0.15, 0.2) is 5.78 Å². The molecule has 0 saturated heterocycles. The van der Waals surface area contributed by atoms with E-state index in [1.165, 1.54) is 6.07 Å². The van der Waals surface area contributed by atoms with Crippen LogP contribution in [0.3, 0.4) is 0 Å². The van der Waals surface area contributed by atoms with Gasteiger partial charge in [-0.05, 0) is 31.0 Å². The number of rotatable bonds is 0. The molecule has 1 aliphatic carbocycles. The first-order valence-corrected chi connectivity index (χ1v) is 6.77. The minimum Gasteiger partial charge on any atom is -0.507 e. The number of hydrogen-bond donors (Lipinski definition) is 1. The number of hydrogen-bond acceptors (Lipinski definition) is 5. The first-order valence-electron chi connectivity index (χ1n) is 6.77. The van der Waals surface area contributed by atoms with E-state index in [2.05, 4.69) is 4.98 Å². The quantitative estimate of drug-likeness (QED) is 0.640. The molecule has 0 atom stereocenters. The van der Waals surface area contributed by atoms with E-state index >= 15 is 0 Å². The standard InChI is InChI=1S/C16H11NO4/c18-11-4-1-3-10-8(11)7-9-15(20)14-12(19)5-2-6-13(14)21-16(9)17-10/h2,5-7,19H,1,3-4H2. The molecule has 4 rings (SSSR count). The fraction of sp³-hybridized carbons (Fsp3) is 0.188. The lowest BCUT2D eigenvalue weighted by atomic mass is 9.94. The van der Waals surface area contributed by atoms with Crippen LogP contribution in [0, 0.1) is 0 Å². The van der Waals surface area contributed by atoms with Crippen molar-refractivity contribution in [2.45, 2.75) is 19.3 Å². The SMILES string of the molecule is O=C1CCCc2nc3oc4cccc(O)c4c(=O)c3cc21. The fourth-order valence-corrected chi connectivity index (χ4v) is 2.83. The van der Waals surface area contributed by atoms with E-state index in [1.54, 1.807) is 18.2 Å². The summed E-state index contributed by atoms with van der Waals surface area (Å²) < 4.78 is 5.63. The fourth-order valence-electron chi connectivity index (χ4n) is 2.83. The van der Waals surface area contributed by atoms with Gasteiger partial charge in [0.2, 0.25) is 11.1 Å². The predicted molar refractivity (Wildman–Crippen MR) is 76.7 cm³/mol. The van der Waals surface area contributed by atoms with E-state index in [0.717, 1.165) is 6.42 Å². The highest BCUT2D eigenvalue weighted by molar-refractivity contribution is 6.01. The molecule has 0 radical (unpaired) electrons. The van der Waals surface area contributed by atoms with Gasteiger partial charge < -0.3 is 9.52 Å². The van der Waals surface area contributed by atoms with Crippen molar-refractivity contribution in [3.63, 3.8) is 0 Å². The minimum atomic E-state index is -0.363. The minimum absolute atomic E-state index is 0.00225. The summed E-state index contributed by atoms with van der Waals surface area (Å²) in [6.07, 6.45) is 1.95. The van der Waals surface area contributed by atoms with Gasteiger partial charge in [-0.2, -0.15) is 0 Å². The number of pyridine rings is 1. The average Bonchev–Trinajstić information content (AvgIpc) is 2.46. The van der Waals surface area contributed by atoms with Crippen LogP contribution in [0.25, 0.3) is 22.1 Å². The molecule has 0 aliphatic heterocycles. The van der Waals surface area contributed by atoms with Crippen LogP contribution in [-0.2, 0) is 6.42 Å². The van der Waals surface area contributed by atoms with E-state index in [0.29, 0.717) is 29.7 Å². The number of aromatic hydroxyl groups is 1. The summed E-state index contributed by atoms with van der Waals surface area (Å²) in [6.45, 7) is 0. The number of carbonyl (C=O) groups is 1. The van der Waals surface area contributed by atoms with Crippen LogP contribution in [0.15, 0.2) is 33.5 Å². The highest BCUT2D eigenvalue weighted by Gasteiger charge is 2.21. The molecule has 0 saturated carbocycles. The molecule has 0 bridgehead atoms. The van der Waals surface area contributed by atoms with Gasteiger partial charge >= 0.3 is 0 Å². The summed E-state index contributed by atoms with van der Waals surface area (Å²) in [5, 5.41) is 10.2. The maximum Gasteiger partial charge on any atom is 0.230 e. The lowest BCUT2D eigenvalue weighted by Gasteiger charge is -2.14. The number of phenolic OH excluding ortho intramolecular Hbond substituents is 1. The summed E-state index contributed by atoms with van der Waals surface area (Å²) in [7, 11) is 0. The van der Waals surface area contributed by atoms with Crippen molar-refractivity contribution in [2.24, 2.45) is 0 Å². The largest absolute Gasteiger partial charge is 0.507 e. The van der Waals surface area contributed by atoms with Crippen molar-refractivity contribution >= 4 is 27.9 Å². The summed E-state index contributed by atoms with van der Waals surface area (Å²) in [5.41, 5.74) is 1.32. The number of fused-ring (bicyclic) bond motifs is 3. The van der Waals surface area contributed by atoms with Crippen LogP contribution in [0.2, 0.25) is 0 Å². The molecule has 3 aromatic rings. The Balaban J connectivity index is 2.18. The second kappa shape index (κ2) is 4.15. The van der Waals surface area contributed by atoms with E-state index in [1.807, 2.05) is 0 Å². The van der Waals surface area contributed by atoms with Crippen molar-refractivity contribution < 1.29 is 14.3 Å². The Morgan fingerprint density at radius 3 is 2.90 bits per heavy atom. The Labute approximate surface area is 118 Å². The molecule has 1 aromatic carbocycles. The summed E-state index contributed by atoms with van der Waals surface area (Å²) in [6, 6.07) is 6.20. The molecule has 21 heavy (non-hydrogen) atoms. The molecular formula is C16H11NO4. The van der Waals surface area contributed by atoms with Gasteiger partial charge in [0.05, 0.1) is 11.1 Å². The van der Waals surface area contributed by atoms with Crippen LogP contribution >= 0.6 is 0 Å². The van der Waals surface area contributed by atoms with E-state index in [4.69, 9.17) is 4.42 Å². The smallest absolute Gasteiger partial charge is 0.230 e. The maximum absolute atomic E-state index is 12.5. The van der Waals surface area contributed by atoms with Crippen molar-refractivity contribution in [3.8, 4) is 5.75 Å². The van der Waals surface area contributed by atoms with Crippen LogP contribution in [0.5, 0.6) is 5.75 Å². The first-order chi connectivity index (χ1) is 10.1. The number of benzene rings is 1. The predicted octanol–water partition coefficient (Wildman–Crippen LogP) is 2.57. The molecule has 0 spiro atoms. The van der Waals surface area contributed by atoms with Gasteiger partial charge in [0, 0.05) is 12.0 Å². The van der Waals surface area contributed by atoms with Gasteiger partial charge in [0.1, 0.15) is 16.7 Å². The number of carbonyl (C=O) groups excluding carboxylic acids is 1. The lowest BCUT2D eigenvalue weighted by molar-refractivity contribution is 0.0972. The van der Waals surface area contributed by atoms with E-state index in [-0.39, 0.29) is 33.4 Å². The van der Waals surface area contributed by atoms with Crippen LogP contribution in [0.4, 0.5) is 0 Å². The third-order valence-corrected chi connectivity index (χ3v) is 3.87. The molecule has 1 N–H and O–H groups in total.